The van der Waals surface area contributed by atoms with E-state index in [4.69, 9.17) is 9.47 Å². The lowest BCUT2D eigenvalue weighted by molar-refractivity contribution is -0.105. The summed E-state index contributed by atoms with van der Waals surface area (Å²) in [5, 5.41) is 4.94. The Morgan fingerprint density at radius 2 is 1.91 bits per heavy atom. The van der Waals surface area contributed by atoms with E-state index in [1.54, 1.807) is 6.07 Å². The van der Waals surface area contributed by atoms with Crippen LogP contribution in [0.25, 0.3) is 0 Å². The Morgan fingerprint density at radius 3 is 2.36 bits per heavy atom. The number of hydrogen-bond acceptors (Lipinski definition) is 4. The summed E-state index contributed by atoms with van der Waals surface area (Å²) in [4.78, 5) is 20.7. The molecule has 0 aliphatic rings. The van der Waals surface area contributed by atoms with E-state index in [1.807, 2.05) is 45.9 Å². The third kappa shape index (κ3) is 9.63. The first-order valence-corrected chi connectivity index (χ1v) is 7.16. The van der Waals surface area contributed by atoms with Gasteiger partial charge in [-0.25, -0.2) is 4.79 Å². The first kappa shape index (κ1) is 19.8. The number of rotatable bonds is 5. The van der Waals surface area contributed by atoms with E-state index in [2.05, 4.69) is 10.6 Å². The summed E-state index contributed by atoms with van der Waals surface area (Å²) < 4.78 is 10.3. The number of carbonyl (C=O) groups excluding carboxylic acids is 2. The molecule has 0 saturated heterocycles. The molecule has 6 heteroatoms. The lowest BCUT2D eigenvalue weighted by Crippen LogP contribution is -2.30. The molecule has 0 spiro atoms. The van der Waals surface area contributed by atoms with Gasteiger partial charge in [-0.1, -0.05) is 19.1 Å². The topological polar surface area (TPSA) is 76.7 Å². The number of nitrogens with one attached hydrogen (secondary N) is 2. The van der Waals surface area contributed by atoms with Crippen molar-refractivity contribution >= 4 is 18.2 Å². The van der Waals surface area contributed by atoms with E-state index in [-0.39, 0.29) is 11.7 Å². The normalized spacial score (nSPS) is 9.86. The van der Waals surface area contributed by atoms with Crippen molar-refractivity contribution in [3.8, 4) is 5.75 Å². The van der Waals surface area contributed by atoms with Gasteiger partial charge in [-0.15, -0.1) is 0 Å². The summed E-state index contributed by atoms with van der Waals surface area (Å²) in [6.45, 7) is 8.17. The number of anilines is 1. The maximum Gasteiger partial charge on any atom is 0.407 e. The van der Waals surface area contributed by atoms with E-state index in [0.717, 1.165) is 12.2 Å². The predicted molar refractivity (Wildman–Crippen MR) is 87.2 cm³/mol. The number of hydrogen-bond donors (Lipinski definition) is 2. The van der Waals surface area contributed by atoms with Gasteiger partial charge in [-0.05, 0) is 39.3 Å². The molecule has 1 aromatic rings. The van der Waals surface area contributed by atoms with E-state index in [9.17, 15) is 9.59 Å². The summed E-state index contributed by atoms with van der Waals surface area (Å²) >= 11 is 0. The van der Waals surface area contributed by atoms with Gasteiger partial charge < -0.3 is 20.1 Å². The van der Waals surface area contributed by atoms with Gasteiger partial charge in [0.15, 0.2) is 0 Å². The van der Waals surface area contributed by atoms with Crippen molar-refractivity contribution in [3.05, 3.63) is 24.3 Å². The van der Waals surface area contributed by atoms with Crippen LogP contribution in [0, 0.1) is 0 Å². The Hall–Kier alpha value is -2.24. The summed E-state index contributed by atoms with van der Waals surface area (Å²) in [5.74, 6) is 0.719. The average molecular weight is 310 g/mol. The second-order valence-electron chi connectivity index (χ2n) is 5.36. The van der Waals surface area contributed by atoms with Gasteiger partial charge in [0.1, 0.15) is 11.4 Å². The first-order valence-electron chi connectivity index (χ1n) is 7.16. The van der Waals surface area contributed by atoms with E-state index >= 15 is 0 Å². The second kappa shape index (κ2) is 10.5. The smallest absolute Gasteiger partial charge is 0.407 e. The molecule has 2 N–H and O–H groups in total. The van der Waals surface area contributed by atoms with Crippen LogP contribution in [-0.4, -0.2) is 31.8 Å². The first-order chi connectivity index (χ1) is 10.3. The molecule has 0 saturated carbocycles. The molecule has 0 aliphatic carbocycles. The number of amides is 2. The Labute approximate surface area is 132 Å². The molecule has 0 fully saturated rings. The highest BCUT2D eigenvalue weighted by Gasteiger charge is 2.13. The van der Waals surface area contributed by atoms with Crippen LogP contribution in [0.3, 0.4) is 0 Å². The number of alkyl carbamates (subject to hydrolysis) is 1. The molecule has 0 bridgehead atoms. The summed E-state index contributed by atoms with van der Waals surface area (Å²) in [7, 11) is 1.54. The fraction of sp³-hybridized carbons (Fsp3) is 0.500. The Bertz CT molecular complexity index is 456. The van der Waals surface area contributed by atoms with Crippen LogP contribution >= 0.6 is 0 Å². The number of ether oxygens (including phenoxy) is 2. The fourth-order valence-corrected chi connectivity index (χ4v) is 1.32. The van der Waals surface area contributed by atoms with Crippen LogP contribution in [0.15, 0.2) is 24.3 Å². The maximum atomic E-state index is 10.5. The lowest BCUT2D eigenvalue weighted by Gasteiger charge is -2.18. The average Bonchev–Trinajstić information content (AvgIpc) is 2.45. The van der Waals surface area contributed by atoms with Crippen molar-refractivity contribution in [1.29, 1.82) is 0 Å². The SMILES string of the molecule is CCCOc1ccccc1NC=O.CNC(=O)OC(C)(C)C. The van der Waals surface area contributed by atoms with Crippen LogP contribution in [0.4, 0.5) is 10.5 Å². The highest BCUT2D eigenvalue weighted by atomic mass is 16.6. The minimum atomic E-state index is -0.389. The second-order valence-corrected chi connectivity index (χ2v) is 5.36. The molecule has 0 atom stereocenters. The molecule has 124 valence electrons. The van der Waals surface area contributed by atoms with Gasteiger partial charge in [0.2, 0.25) is 6.41 Å². The van der Waals surface area contributed by atoms with Gasteiger partial charge in [0.05, 0.1) is 12.3 Å². The number of carbonyl (C=O) groups is 2. The van der Waals surface area contributed by atoms with Crippen LogP contribution < -0.4 is 15.4 Å². The van der Waals surface area contributed by atoms with Gasteiger partial charge in [0, 0.05) is 7.05 Å². The van der Waals surface area contributed by atoms with Crippen molar-refractivity contribution in [3.63, 3.8) is 0 Å². The van der Waals surface area contributed by atoms with Crippen LogP contribution in [0.2, 0.25) is 0 Å². The monoisotopic (exact) mass is 310 g/mol. The molecule has 2 amide bonds. The van der Waals surface area contributed by atoms with E-state index < -0.39 is 0 Å². The third-order valence-electron chi connectivity index (χ3n) is 2.17. The summed E-state index contributed by atoms with van der Waals surface area (Å²) in [6.07, 6.45) is 1.21. The fourth-order valence-electron chi connectivity index (χ4n) is 1.32. The van der Waals surface area contributed by atoms with Crippen LogP contribution in [0.1, 0.15) is 34.1 Å². The zero-order valence-corrected chi connectivity index (χ0v) is 13.9. The van der Waals surface area contributed by atoms with Gasteiger partial charge >= 0.3 is 6.09 Å². The van der Waals surface area contributed by atoms with E-state index in [0.29, 0.717) is 18.7 Å². The summed E-state index contributed by atoms with van der Waals surface area (Å²) in [6, 6.07) is 7.37. The molecule has 0 heterocycles. The Balaban J connectivity index is 0.000000433. The molecule has 0 radical (unpaired) electrons. The van der Waals surface area contributed by atoms with Crippen LogP contribution in [0.5, 0.6) is 5.75 Å². The molecule has 0 unspecified atom stereocenters. The van der Waals surface area contributed by atoms with E-state index in [1.165, 1.54) is 7.05 Å². The predicted octanol–water partition coefficient (Wildman–Crippen LogP) is 3.18. The minimum Gasteiger partial charge on any atom is -0.491 e. The maximum absolute atomic E-state index is 10.5. The standard InChI is InChI=1S/C10H13NO2.C6H13NO2/c1-2-7-13-10-6-4-3-5-9(10)11-8-12;1-6(2,3)9-5(8)7-4/h3-6,8H,2,7H2,1H3,(H,11,12);1-4H3,(H,7,8). The van der Waals surface area contributed by atoms with Crippen LogP contribution in [-0.2, 0) is 9.53 Å². The minimum absolute atomic E-state index is 0.387. The number of benzene rings is 1. The van der Waals surface area contributed by atoms with Crippen molar-refractivity contribution in [2.45, 2.75) is 39.7 Å². The highest BCUT2D eigenvalue weighted by molar-refractivity contribution is 5.75. The number of para-hydroxylation sites is 2. The van der Waals surface area contributed by atoms with Crippen molar-refractivity contribution in [2.24, 2.45) is 0 Å². The van der Waals surface area contributed by atoms with Gasteiger partial charge in [-0.2, -0.15) is 0 Å². The molecule has 0 aliphatic heterocycles. The molecule has 0 aromatic heterocycles. The van der Waals surface area contributed by atoms with Gasteiger partial charge in [0.25, 0.3) is 0 Å². The Morgan fingerprint density at radius 1 is 1.27 bits per heavy atom. The molecule has 22 heavy (non-hydrogen) atoms. The van der Waals surface area contributed by atoms with Gasteiger partial charge in [-0.3, -0.25) is 4.79 Å². The Kier molecular flexibility index (Phi) is 9.41. The molecular formula is C16H26N2O4. The van der Waals surface area contributed by atoms with Crippen molar-refractivity contribution in [1.82, 2.24) is 5.32 Å². The largest absolute Gasteiger partial charge is 0.491 e. The zero-order valence-electron chi connectivity index (χ0n) is 13.9. The molecular weight excluding hydrogens is 284 g/mol. The van der Waals surface area contributed by atoms with Crippen molar-refractivity contribution < 1.29 is 19.1 Å². The third-order valence-corrected chi connectivity index (χ3v) is 2.17. The lowest BCUT2D eigenvalue weighted by atomic mass is 10.2. The van der Waals surface area contributed by atoms with Crippen molar-refractivity contribution in [2.75, 3.05) is 19.0 Å². The quantitative estimate of drug-likeness (QED) is 0.819. The highest BCUT2D eigenvalue weighted by Crippen LogP contribution is 2.22. The summed E-state index contributed by atoms with van der Waals surface area (Å²) in [5.41, 5.74) is 0.325. The zero-order chi connectivity index (χ0) is 17.0. The molecule has 1 aromatic carbocycles. The molecule has 6 nitrogen and oxygen atoms in total. The molecule has 1 rings (SSSR count).